The molecule has 0 bridgehead atoms. The summed E-state index contributed by atoms with van der Waals surface area (Å²) >= 11 is 0. The van der Waals surface area contributed by atoms with E-state index in [0.29, 0.717) is 37.8 Å². The van der Waals surface area contributed by atoms with Gasteiger partial charge in [0.15, 0.2) is 0 Å². The molecule has 4 nitrogen and oxygen atoms in total. The molecule has 1 atom stereocenters. The van der Waals surface area contributed by atoms with E-state index >= 15 is 0 Å². The third-order valence-electron chi connectivity index (χ3n) is 6.06. The zero-order valence-electron chi connectivity index (χ0n) is 22.5. The summed E-state index contributed by atoms with van der Waals surface area (Å²) in [7, 11) is 3.41. The molecule has 33 heavy (non-hydrogen) atoms. The number of ether oxygens (including phenoxy) is 4. The largest absolute Gasteiger partial charge is 0.494 e. The molecule has 0 heterocycles. The highest BCUT2D eigenvalue weighted by molar-refractivity contribution is 5.44. The van der Waals surface area contributed by atoms with Crippen LogP contribution in [0.5, 0.6) is 5.75 Å². The van der Waals surface area contributed by atoms with Crippen LogP contribution in [-0.2, 0) is 27.4 Å². The van der Waals surface area contributed by atoms with Crippen LogP contribution in [0.25, 0.3) is 0 Å². The lowest BCUT2D eigenvalue weighted by molar-refractivity contribution is 0.137. The molecule has 1 unspecified atom stereocenters. The maximum absolute atomic E-state index is 6.15. The number of aryl methyl sites for hydroxylation is 1. The van der Waals surface area contributed by atoms with Gasteiger partial charge >= 0.3 is 0 Å². The van der Waals surface area contributed by atoms with Crippen LogP contribution in [0.1, 0.15) is 77.5 Å². The van der Waals surface area contributed by atoms with Crippen molar-refractivity contribution < 1.29 is 18.9 Å². The predicted octanol–water partition coefficient (Wildman–Crippen LogP) is 7.39. The number of rotatable bonds is 11. The Hall–Kier alpha value is -1.78. The SMILES string of the molecule is COCc1cc(C)cc(COC)c1OCCOC1=CC=C(C(CC(C)(C)C)C(C)(C)C)CC1. The summed E-state index contributed by atoms with van der Waals surface area (Å²) in [5.74, 6) is 2.48. The first-order valence-corrected chi connectivity index (χ1v) is 12.2. The van der Waals surface area contributed by atoms with E-state index < -0.39 is 0 Å². The molecule has 0 amide bonds. The van der Waals surface area contributed by atoms with Crippen LogP contribution in [0.3, 0.4) is 0 Å². The number of hydrogen-bond donors (Lipinski definition) is 0. The van der Waals surface area contributed by atoms with Gasteiger partial charge in [-0.25, -0.2) is 0 Å². The molecular weight excluding hydrogens is 412 g/mol. The van der Waals surface area contributed by atoms with Gasteiger partial charge < -0.3 is 18.9 Å². The van der Waals surface area contributed by atoms with E-state index in [0.717, 1.165) is 35.5 Å². The predicted molar refractivity (Wildman–Crippen MR) is 136 cm³/mol. The summed E-state index contributed by atoms with van der Waals surface area (Å²) in [6.45, 7) is 18.2. The van der Waals surface area contributed by atoms with Gasteiger partial charge in [-0.3, -0.25) is 0 Å². The van der Waals surface area contributed by atoms with Gasteiger partial charge in [-0.05, 0) is 42.6 Å². The van der Waals surface area contributed by atoms with Crippen LogP contribution in [0.2, 0.25) is 0 Å². The zero-order chi connectivity index (χ0) is 24.6. The van der Waals surface area contributed by atoms with Gasteiger partial charge in [-0.15, -0.1) is 0 Å². The minimum absolute atomic E-state index is 0.257. The smallest absolute Gasteiger partial charge is 0.130 e. The monoisotopic (exact) mass is 458 g/mol. The molecule has 0 saturated heterocycles. The van der Waals surface area contributed by atoms with Gasteiger partial charge in [0, 0.05) is 31.8 Å². The third-order valence-corrected chi connectivity index (χ3v) is 6.06. The fourth-order valence-electron chi connectivity index (χ4n) is 4.61. The summed E-state index contributed by atoms with van der Waals surface area (Å²) in [6, 6.07) is 4.22. The minimum atomic E-state index is 0.257. The quantitative estimate of drug-likeness (QED) is 0.324. The molecule has 1 aliphatic rings. The molecule has 0 fully saturated rings. The van der Waals surface area contributed by atoms with Crippen molar-refractivity contribution in [1.29, 1.82) is 0 Å². The van der Waals surface area contributed by atoms with Crippen LogP contribution in [0.15, 0.2) is 35.6 Å². The van der Waals surface area contributed by atoms with Crippen molar-refractivity contribution in [2.75, 3.05) is 27.4 Å². The van der Waals surface area contributed by atoms with Crippen molar-refractivity contribution in [1.82, 2.24) is 0 Å². The van der Waals surface area contributed by atoms with Crippen LogP contribution in [0.4, 0.5) is 0 Å². The molecule has 0 saturated carbocycles. The summed E-state index contributed by atoms with van der Waals surface area (Å²) in [5.41, 5.74) is 5.38. The number of methoxy groups -OCH3 is 2. The lowest BCUT2D eigenvalue weighted by Crippen LogP contribution is -2.28. The zero-order valence-corrected chi connectivity index (χ0v) is 22.5. The summed E-state index contributed by atoms with van der Waals surface area (Å²) in [4.78, 5) is 0. The number of benzene rings is 1. The fraction of sp³-hybridized carbons (Fsp3) is 0.655. The second kappa shape index (κ2) is 12.1. The van der Waals surface area contributed by atoms with Crippen LogP contribution in [-0.4, -0.2) is 27.4 Å². The lowest BCUT2D eigenvalue weighted by atomic mass is 9.67. The molecule has 1 aromatic rings. The van der Waals surface area contributed by atoms with Gasteiger partial charge in [-0.1, -0.05) is 70.9 Å². The van der Waals surface area contributed by atoms with E-state index in [-0.39, 0.29) is 5.41 Å². The molecule has 1 aromatic carbocycles. The van der Waals surface area contributed by atoms with Crippen LogP contribution < -0.4 is 4.74 Å². The van der Waals surface area contributed by atoms with Crippen molar-refractivity contribution in [3.63, 3.8) is 0 Å². The number of allylic oxidation sites excluding steroid dienone is 4. The molecule has 0 N–H and O–H groups in total. The molecule has 1 aliphatic carbocycles. The van der Waals surface area contributed by atoms with Crippen LogP contribution >= 0.6 is 0 Å². The first-order valence-electron chi connectivity index (χ1n) is 12.2. The van der Waals surface area contributed by atoms with Gasteiger partial charge in [0.25, 0.3) is 0 Å². The van der Waals surface area contributed by atoms with Gasteiger partial charge in [0.1, 0.15) is 19.0 Å². The lowest BCUT2D eigenvalue weighted by Gasteiger charge is -2.38. The minimum Gasteiger partial charge on any atom is -0.494 e. The highest BCUT2D eigenvalue weighted by Gasteiger charge is 2.32. The Labute approximate surface area is 202 Å². The Bertz CT molecular complexity index is 794. The summed E-state index contributed by atoms with van der Waals surface area (Å²) in [6.07, 6.45) is 7.69. The van der Waals surface area contributed by atoms with Crippen molar-refractivity contribution in [3.05, 3.63) is 52.3 Å². The van der Waals surface area contributed by atoms with Gasteiger partial charge in [0.2, 0.25) is 0 Å². The molecule has 0 aliphatic heterocycles. The Morgan fingerprint density at radius 1 is 0.818 bits per heavy atom. The van der Waals surface area contributed by atoms with Gasteiger partial charge in [-0.2, -0.15) is 0 Å². The Morgan fingerprint density at radius 3 is 1.85 bits per heavy atom. The third kappa shape index (κ3) is 8.83. The average molecular weight is 459 g/mol. The fourth-order valence-corrected chi connectivity index (χ4v) is 4.61. The highest BCUT2D eigenvalue weighted by atomic mass is 16.5. The van der Waals surface area contributed by atoms with E-state index in [1.54, 1.807) is 19.8 Å². The Morgan fingerprint density at radius 2 is 1.39 bits per heavy atom. The van der Waals surface area contributed by atoms with Crippen LogP contribution in [0, 0.1) is 23.7 Å². The van der Waals surface area contributed by atoms with E-state index in [1.165, 1.54) is 12.0 Å². The van der Waals surface area contributed by atoms with Crippen molar-refractivity contribution in [2.24, 2.45) is 16.7 Å². The molecule has 4 heteroatoms. The van der Waals surface area contributed by atoms with E-state index in [2.05, 4.69) is 72.8 Å². The van der Waals surface area contributed by atoms with Crippen molar-refractivity contribution >= 4 is 0 Å². The van der Waals surface area contributed by atoms with E-state index in [9.17, 15) is 0 Å². The van der Waals surface area contributed by atoms with E-state index in [4.69, 9.17) is 18.9 Å². The molecule has 0 radical (unpaired) electrons. The first-order chi connectivity index (χ1) is 15.4. The van der Waals surface area contributed by atoms with Crippen molar-refractivity contribution in [2.45, 2.75) is 80.9 Å². The Balaban J connectivity index is 2.00. The molecular formula is C29H46O4. The second-order valence-electron chi connectivity index (χ2n) is 11.5. The summed E-state index contributed by atoms with van der Waals surface area (Å²) < 4.78 is 23.0. The standard InChI is InChI=1S/C29H46O4/c1-21-16-23(19-30-8)27(24(17-21)20-31-9)33-15-14-32-25-12-10-22(11-13-25)26(29(5,6)7)18-28(2,3)4/h10,12,16-17,26H,11,13-15,18-20H2,1-9H3. The topological polar surface area (TPSA) is 36.9 Å². The van der Waals surface area contributed by atoms with Crippen molar-refractivity contribution in [3.8, 4) is 5.75 Å². The Kier molecular flexibility index (Phi) is 10.1. The highest BCUT2D eigenvalue weighted by Crippen LogP contribution is 2.43. The summed E-state index contributed by atoms with van der Waals surface area (Å²) in [5, 5.41) is 0. The normalized spacial score (nSPS) is 15.7. The molecule has 186 valence electrons. The maximum atomic E-state index is 6.15. The van der Waals surface area contributed by atoms with E-state index in [1.807, 2.05) is 0 Å². The second-order valence-corrected chi connectivity index (χ2v) is 11.5. The molecule has 0 aromatic heterocycles. The first kappa shape index (κ1) is 27.5. The average Bonchev–Trinajstić information content (AvgIpc) is 2.70. The number of hydrogen-bond acceptors (Lipinski definition) is 4. The molecule has 0 spiro atoms. The van der Waals surface area contributed by atoms with Gasteiger partial charge in [0.05, 0.1) is 19.0 Å². The molecule has 2 rings (SSSR count). The maximum Gasteiger partial charge on any atom is 0.130 e.